The monoisotopic (exact) mass is 342 g/mol. The van der Waals surface area contributed by atoms with Crippen LogP contribution in [0.4, 0.5) is 0 Å². The summed E-state index contributed by atoms with van der Waals surface area (Å²) in [4.78, 5) is 0. The number of phenolic OH excluding ortho intramolecular Hbond substituents is 2. The number of rotatable bonds is 1. The fourth-order valence-electron chi connectivity index (χ4n) is 7.57. The smallest absolute Gasteiger partial charge is 0.160 e. The molecular formula is C23H34O2. The van der Waals surface area contributed by atoms with E-state index in [1.54, 1.807) is 0 Å². The molecule has 3 aliphatic rings. The van der Waals surface area contributed by atoms with Gasteiger partial charge in [-0.05, 0) is 83.8 Å². The summed E-state index contributed by atoms with van der Waals surface area (Å²) in [7, 11) is 0. The van der Waals surface area contributed by atoms with Gasteiger partial charge in [0.25, 0.3) is 0 Å². The molecule has 0 bridgehead atoms. The van der Waals surface area contributed by atoms with Crippen molar-refractivity contribution in [1.29, 1.82) is 0 Å². The second-order valence-corrected chi connectivity index (χ2v) is 10.2. The van der Waals surface area contributed by atoms with Crippen molar-refractivity contribution in [2.24, 2.45) is 22.7 Å². The molecule has 4 atom stereocenters. The van der Waals surface area contributed by atoms with Crippen LogP contribution in [0.3, 0.4) is 0 Å². The molecule has 0 heterocycles. The molecule has 4 rings (SSSR count). The van der Waals surface area contributed by atoms with Gasteiger partial charge in [0.2, 0.25) is 0 Å². The molecule has 2 nitrogen and oxygen atoms in total. The van der Waals surface area contributed by atoms with Gasteiger partial charge in [-0.2, -0.15) is 0 Å². The van der Waals surface area contributed by atoms with Crippen LogP contribution in [0.1, 0.15) is 83.4 Å². The maximum atomic E-state index is 10.6. The average Bonchev–Trinajstić information content (AvgIpc) is 2.85. The zero-order chi connectivity index (χ0) is 18.2. The van der Waals surface area contributed by atoms with E-state index < -0.39 is 0 Å². The van der Waals surface area contributed by atoms with Crippen LogP contribution in [0.15, 0.2) is 6.07 Å². The number of hydrogen-bond donors (Lipinski definition) is 2. The first-order valence-electron chi connectivity index (χ1n) is 10.2. The Hall–Kier alpha value is -1.18. The molecule has 0 aliphatic heterocycles. The molecule has 1 aromatic rings. The van der Waals surface area contributed by atoms with Crippen LogP contribution in [0.25, 0.3) is 0 Å². The van der Waals surface area contributed by atoms with Crippen LogP contribution in [0.5, 0.6) is 11.5 Å². The van der Waals surface area contributed by atoms with Crippen LogP contribution in [0.2, 0.25) is 0 Å². The summed E-state index contributed by atoms with van der Waals surface area (Å²) in [6.45, 7) is 12.1. The Morgan fingerprint density at radius 2 is 1.76 bits per heavy atom. The maximum absolute atomic E-state index is 10.6. The van der Waals surface area contributed by atoms with E-state index in [1.807, 2.05) is 6.07 Å². The average molecular weight is 343 g/mol. The molecule has 0 spiro atoms. The van der Waals surface area contributed by atoms with Crippen LogP contribution in [-0.4, -0.2) is 10.2 Å². The lowest BCUT2D eigenvalue weighted by atomic mass is 9.43. The Labute approximate surface area is 152 Å². The fraction of sp³-hybridized carbons (Fsp3) is 0.739. The van der Waals surface area contributed by atoms with E-state index in [-0.39, 0.29) is 16.9 Å². The van der Waals surface area contributed by atoms with Gasteiger partial charge in [-0.1, -0.05) is 41.0 Å². The minimum atomic E-state index is 0.0727. The largest absolute Gasteiger partial charge is 0.504 e. The SMILES string of the molecule is CCc1cc(O)c(O)c2c1C1(C)CCC3C(C)(C)CCCC3(C)C1C2. The molecule has 0 aromatic heterocycles. The molecule has 138 valence electrons. The summed E-state index contributed by atoms with van der Waals surface area (Å²) in [6.07, 6.45) is 8.33. The van der Waals surface area contributed by atoms with Crippen molar-refractivity contribution in [1.82, 2.24) is 0 Å². The van der Waals surface area contributed by atoms with Gasteiger partial charge in [0.05, 0.1) is 0 Å². The fourth-order valence-corrected chi connectivity index (χ4v) is 7.57. The number of hydrogen-bond acceptors (Lipinski definition) is 2. The summed E-state index contributed by atoms with van der Waals surface area (Å²) >= 11 is 0. The van der Waals surface area contributed by atoms with Gasteiger partial charge in [0, 0.05) is 5.56 Å². The Kier molecular flexibility index (Phi) is 3.57. The van der Waals surface area contributed by atoms with Gasteiger partial charge in [-0.15, -0.1) is 0 Å². The quantitative estimate of drug-likeness (QED) is 0.641. The zero-order valence-corrected chi connectivity index (χ0v) is 16.6. The highest BCUT2D eigenvalue weighted by atomic mass is 16.3. The number of phenols is 2. The predicted octanol–water partition coefficient (Wildman–Crippen LogP) is 5.72. The summed E-state index contributed by atoms with van der Waals surface area (Å²) in [5, 5.41) is 20.9. The summed E-state index contributed by atoms with van der Waals surface area (Å²) in [5.41, 5.74) is 4.56. The molecule has 4 unspecified atom stereocenters. The van der Waals surface area contributed by atoms with Crippen molar-refractivity contribution in [3.05, 3.63) is 22.8 Å². The molecule has 2 heteroatoms. The minimum Gasteiger partial charge on any atom is -0.504 e. The van der Waals surface area contributed by atoms with Crippen LogP contribution >= 0.6 is 0 Å². The van der Waals surface area contributed by atoms with E-state index in [1.165, 1.54) is 43.2 Å². The van der Waals surface area contributed by atoms with Crippen LogP contribution in [0, 0.1) is 22.7 Å². The number of aromatic hydroxyl groups is 2. The molecule has 2 N–H and O–H groups in total. The third-order valence-electron chi connectivity index (χ3n) is 8.62. The highest BCUT2D eigenvalue weighted by Crippen LogP contribution is 2.68. The summed E-state index contributed by atoms with van der Waals surface area (Å²) in [6, 6.07) is 1.82. The number of aryl methyl sites for hydroxylation is 1. The predicted molar refractivity (Wildman–Crippen MR) is 102 cm³/mol. The van der Waals surface area contributed by atoms with E-state index in [0.717, 1.165) is 24.3 Å². The van der Waals surface area contributed by atoms with Gasteiger partial charge in [0.1, 0.15) is 0 Å². The van der Waals surface area contributed by atoms with E-state index in [9.17, 15) is 10.2 Å². The number of benzene rings is 1. The second kappa shape index (κ2) is 5.18. The topological polar surface area (TPSA) is 40.5 Å². The van der Waals surface area contributed by atoms with Crippen molar-refractivity contribution in [3.8, 4) is 11.5 Å². The highest BCUT2D eigenvalue weighted by molar-refractivity contribution is 5.59. The Bertz CT molecular complexity index is 719. The van der Waals surface area contributed by atoms with Crippen LogP contribution in [-0.2, 0) is 18.3 Å². The van der Waals surface area contributed by atoms with Crippen molar-refractivity contribution in [2.45, 2.75) is 85.0 Å². The molecule has 3 aliphatic carbocycles. The first-order chi connectivity index (χ1) is 11.6. The summed E-state index contributed by atoms with van der Waals surface area (Å²) < 4.78 is 0. The van der Waals surface area contributed by atoms with E-state index in [4.69, 9.17) is 0 Å². The van der Waals surface area contributed by atoms with Gasteiger partial charge >= 0.3 is 0 Å². The first-order valence-corrected chi connectivity index (χ1v) is 10.2. The van der Waals surface area contributed by atoms with Gasteiger partial charge in [0.15, 0.2) is 11.5 Å². The van der Waals surface area contributed by atoms with Crippen molar-refractivity contribution >= 4 is 0 Å². The lowest BCUT2D eigenvalue weighted by molar-refractivity contribution is -0.0983. The molecule has 1 aromatic carbocycles. The molecule has 0 amide bonds. The highest BCUT2D eigenvalue weighted by Gasteiger charge is 2.61. The Balaban J connectivity index is 1.88. The summed E-state index contributed by atoms with van der Waals surface area (Å²) in [5.74, 6) is 1.56. The standard InChI is InChI=1S/C23H34O2/c1-6-14-12-16(24)20(25)15-13-18-22(4)10-7-9-21(2,3)17(22)8-11-23(18,5)19(14)15/h12,17-18,24-25H,6-11,13H2,1-5H3. The van der Waals surface area contributed by atoms with E-state index in [2.05, 4.69) is 34.6 Å². The molecule has 0 saturated heterocycles. The molecular weight excluding hydrogens is 308 g/mol. The van der Waals surface area contributed by atoms with E-state index >= 15 is 0 Å². The van der Waals surface area contributed by atoms with E-state index in [0.29, 0.717) is 16.7 Å². The zero-order valence-electron chi connectivity index (χ0n) is 16.6. The lowest BCUT2D eigenvalue weighted by Crippen LogP contribution is -2.55. The van der Waals surface area contributed by atoms with Gasteiger partial charge in [-0.3, -0.25) is 0 Å². The molecule has 2 saturated carbocycles. The van der Waals surface area contributed by atoms with Crippen molar-refractivity contribution < 1.29 is 10.2 Å². The van der Waals surface area contributed by atoms with Crippen LogP contribution < -0.4 is 0 Å². The van der Waals surface area contributed by atoms with Crippen molar-refractivity contribution in [3.63, 3.8) is 0 Å². The number of fused-ring (bicyclic) bond motifs is 5. The van der Waals surface area contributed by atoms with Gasteiger partial charge < -0.3 is 10.2 Å². The molecule has 2 fully saturated rings. The molecule has 0 radical (unpaired) electrons. The van der Waals surface area contributed by atoms with Gasteiger partial charge in [-0.25, -0.2) is 0 Å². The molecule has 25 heavy (non-hydrogen) atoms. The second-order valence-electron chi connectivity index (χ2n) is 10.2. The maximum Gasteiger partial charge on any atom is 0.160 e. The minimum absolute atomic E-state index is 0.0727. The normalized spacial score (nSPS) is 38.8. The third kappa shape index (κ3) is 2.09. The van der Waals surface area contributed by atoms with Crippen molar-refractivity contribution in [2.75, 3.05) is 0 Å². The Morgan fingerprint density at radius 3 is 2.44 bits per heavy atom. The third-order valence-corrected chi connectivity index (χ3v) is 8.62. The lowest BCUT2D eigenvalue weighted by Gasteiger charge is -2.61. The Morgan fingerprint density at radius 1 is 1.04 bits per heavy atom. The first kappa shape index (κ1) is 17.2.